The van der Waals surface area contributed by atoms with Crippen LogP contribution in [0.2, 0.25) is 0 Å². The fourth-order valence-electron chi connectivity index (χ4n) is 5.08. The number of aromatic nitrogens is 3. The van der Waals surface area contributed by atoms with Crippen molar-refractivity contribution in [2.75, 3.05) is 37.7 Å². The van der Waals surface area contributed by atoms with Crippen LogP contribution in [0.15, 0.2) is 54.9 Å². The smallest absolute Gasteiger partial charge is 0.387 e. The maximum atomic E-state index is 15.3. The predicted molar refractivity (Wildman–Crippen MR) is 133 cm³/mol. The van der Waals surface area contributed by atoms with E-state index in [1.54, 1.807) is 39.9 Å². The van der Waals surface area contributed by atoms with Gasteiger partial charge in [0.2, 0.25) is 6.41 Å². The Balaban J connectivity index is 1.36. The second-order valence-electron chi connectivity index (χ2n) is 9.16. The van der Waals surface area contributed by atoms with Gasteiger partial charge in [0.1, 0.15) is 29.1 Å². The second kappa shape index (κ2) is 9.97. The van der Waals surface area contributed by atoms with E-state index in [0.29, 0.717) is 72.9 Å². The first kappa shape index (κ1) is 24.2. The van der Waals surface area contributed by atoms with Gasteiger partial charge in [-0.3, -0.25) is 9.20 Å². The Labute approximate surface area is 216 Å². The van der Waals surface area contributed by atoms with Crippen LogP contribution in [0.5, 0.6) is 5.75 Å². The van der Waals surface area contributed by atoms with Crippen LogP contribution in [0.3, 0.4) is 0 Å². The first-order valence-corrected chi connectivity index (χ1v) is 12.3. The zero-order valence-corrected chi connectivity index (χ0v) is 20.3. The maximum absolute atomic E-state index is 15.3. The van der Waals surface area contributed by atoms with Crippen molar-refractivity contribution >= 4 is 17.9 Å². The number of carbonyl (C=O) groups excluding carboxylic acids is 1. The second-order valence-corrected chi connectivity index (χ2v) is 9.16. The standard InChI is InChI=1S/C27H24F3N5O3/c28-20-13-24-32-21-7-12-37-26(18-3-1-2-4-22(18)38-27(29)30)25(21)35(24)15-19(20)17-5-6-23(31-14-17)34-10-8-33(16-36)9-11-34/h1-6,13-16,26-27H,7-12H2. The number of alkyl halides is 2. The first-order chi connectivity index (χ1) is 18.5. The summed E-state index contributed by atoms with van der Waals surface area (Å²) in [5.41, 5.74) is 3.11. The third-order valence-corrected chi connectivity index (χ3v) is 6.96. The topological polar surface area (TPSA) is 72.2 Å². The Morgan fingerprint density at radius 3 is 2.66 bits per heavy atom. The van der Waals surface area contributed by atoms with Crippen LogP contribution in [0.4, 0.5) is 19.0 Å². The van der Waals surface area contributed by atoms with E-state index in [2.05, 4.69) is 14.9 Å². The van der Waals surface area contributed by atoms with Crippen molar-refractivity contribution in [3.05, 3.63) is 77.6 Å². The van der Waals surface area contributed by atoms with E-state index < -0.39 is 18.5 Å². The molecule has 0 bridgehead atoms. The van der Waals surface area contributed by atoms with Crippen LogP contribution in [0.25, 0.3) is 16.8 Å². The number of anilines is 1. The van der Waals surface area contributed by atoms with Gasteiger partial charge in [0, 0.05) is 67.8 Å². The largest absolute Gasteiger partial charge is 0.434 e. The molecule has 0 spiro atoms. The summed E-state index contributed by atoms with van der Waals surface area (Å²) in [7, 11) is 0. The average Bonchev–Trinajstić information content (AvgIpc) is 3.30. The molecule has 1 aromatic carbocycles. The van der Waals surface area contributed by atoms with Gasteiger partial charge in [-0.15, -0.1) is 0 Å². The van der Waals surface area contributed by atoms with Crippen molar-refractivity contribution < 1.29 is 27.4 Å². The highest BCUT2D eigenvalue weighted by Crippen LogP contribution is 2.39. The number of halogens is 3. The third kappa shape index (κ3) is 4.43. The molecule has 3 aromatic heterocycles. The number of hydrogen-bond donors (Lipinski definition) is 0. The van der Waals surface area contributed by atoms with Gasteiger partial charge < -0.3 is 19.3 Å². The summed E-state index contributed by atoms with van der Waals surface area (Å²) in [5.74, 6) is 0.323. The molecule has 2 aliphatic rings. The highest BCUT2D eigenvalue weighted by Gasteiger charge is 2.31. The van der Waals surface area contributed by atoms with Crippen LogP contribution < -0.4 is 9.64 Å². The molecule has 0 aliphatic carbocycles. The molecule has 6 rings (SSSR count). The van der Waals surface area contributed by atoms with E-state index in [9.17, 15) is 13.6 Å². The Hall–Kier alpha value is -4.12. The van der Waals surface area contributed by atoms with Gasteiger partial charge in [-0.2, -0.15) is 8.78 Å². The van der Waals surface area contributed by atoms with Gasteiger partial charge in [-0.1, -0.05) is 18.2 Å². The fourth-order valence-corrected chi connectivity index (χ4v) is 5.08. The number of hydrogen-bond acceptors (Lipinski definition) is 6. The third-order valence-electron chi connectivity index (χ3n) is 6.96. The van der Waals surface area contributed by atoms with Gasteiger partial charge in [0.25, 0.3) is 0 Å². The van der Waals surface area contributed by atoms with Gasteiger partial charge in [-0.05, 0) is 18.2 Å². The highest BCUT2D eigenvalue weighted by atomic mass is 19.3. The molecule has 5 heterocycles. The van der Waals surface area contributed by atoms with Crippen molar-refractivity contribution in [2.24, 2.45) is 0 Å². The van der Waals surface area contributed by atoms with Gasteiger partial charge in [0.15, 0.2) is 0 Å². The van der Waals surface area contributed by atoms with Crippen LogP contribution >= 0.6 is 0 Å². The molecule has 1 unspecified atom stereocenters. The molecule has 8 nitrogen and oxygen atoms in total. The lowest BCUT2D eigenvalue weighted by atomic mass is 10.0. The number of benzene rings is 1. The van der Waals surface area contributed by atoms with Crippen LogP contribution in [-0.2, 0) is 16.0 Å². The SMILES string of the molecule is O=CN1CCN(c2ccc(-c3cn4c5c(nc4cc3F)CCOC5c3ccccc3OC(F)F)cn2)CC1. The zero-order valence-electron chi connectivity index (χ0n) is 20.3. The number of amides is 1. The molecule has 196 valence electrons. The minimum Gasteiger partial charge on any atom is -0.434 e. The van der Waals surface area contributed by atoms with E-state index in [0.717, 1.165) is 12.2 Å². The number of piperazine rings is 1. The van der Waals surface area contributed by atoms with Crippen molar-refractivity contribution in [1.82, 2.24) is 19.3 Å². The van der Waals surface area contributed by atoms with Crippen molar-refractivity contribution in [1.29, 1.82) is 0 Å². The van der Waals surface area contributed by atoms with E-state index in [1.165, 1.54) is 12.1 Å². The molecule has 0 saturated carbocycles. The number of pyridine rings is 2. The van der Waals surface area contributed by atoms with Gasteiger partial charge in [-0.25, -0.2) is 14.4 Å². The molecule has 1 atom stereocenters. The Morgan fingerprint density at radius 2 is 1.92 bits per heavy atom. The number of para-hydroxylation sites is 1. The molecular weight excluding hydrogens is 499 g/mol. The maximum Gasteiger partial charge on any atom is 0.387 e. The zero-order chi connectivity index (χ0) is 26.2. The van der Waals surface area contributed by atoms with Gasteiger partial charge in [0.05, 0.1) is 18.0 Å². The summed E-state index contributed by atoms with van der Waals surface area (Å²) in [6.07, 6.45) is 3.91. The number of carbonyl (C=O) groups is 1. The molecule has 0 N–H and O–H groups in total. The summed E-state index contributed by atoms with van der Waals surface area (Å²) in [4.78, 5) is 23.9. The van der Waals surface area contributed by atoms with Crippen molar-refractivity contribution in [2.45, 2.75) is 19.1 Å². The number of fused-ring (bicyclic) bond motifs is 3. The number of rotatable bonds is 6. The van der Waals surface area contributed by atoms with E-state index >= 15 is 4.39 Å². The van der Waals surface area contributed by atoms with Crippen molar-refractivity contribution in [3.63, 3.8) is 0 Å². The number of nitrogens with zero attached hydrogens (tertiary/aromatic N) is 5. The predicted octanol–water partition coefficient (Wildman–Crippen LogP) is 4.08. The lowest BCUT2D eigenvalue weighted by molar-refractivity contribution is -0.118. The quantitative estimate of drug-likeness (QED) is 0.355. The van der Waals surface area contributed by atoms with Crippen LogP contribution in [0, 0.1) is 5.82 Å². The Kier molecular flexibility index (Phi) is 6.36. The Bertz CT molecular complexity index is 1470. The minimum absolute atomic E-state index is 0.0198. The highest BCUT2D eigenvalue weighted by molar-refractivity contribution is 5.67. The fraction of sp³-hybridized carbons (Fsp3) is 0.296. The first-order valence-electron chi connectivity index (χ1n) is 12.3. The number of ether oxygens (including phenoxy) is 2. The summed E-state index contributed by atoms with van der Waals surface area (Å²) in [5, 5.41) is 0. The average molecular weight is 524 g/mol. The van der Waals surface area contributed by atoms with Crippen LogP contribution in [-0.4, -0.2) is 65.1 Å². The molecule has 1 saturated heterocycles. The summed E-state index contributed by atoms with van der Waals surface area (Å²) >= 11 is 0. The minimum atomic E-state index is -2.98. The Morgan fingerprint density at radius 1 is 1.11 bits per heavy atom. The lowest BCUT2D eigenvalue weighted by Gasteiger charge is -2.33. The summed E-state index contributed by atoms with van der Waals surface area (Å²) < 4.78 is 54.0. The summed E-state index contributed by atoms with van der Waals surface area (Å²) in [6, 6.07) is 11.5. The summed E-state index contributed by atoms with van der Waals surface area (Å²) in [6.45, 7) is -0.0504. The molecule has 1 amide bonds. The van der Waals surface area contributed by atoms with Crippen molar-refractivity contribution in [3.8, 4) is 16.9 Å². The molecule has 1 fully saturated rings. The molecule has 4 aromatic rings. The van der Waals surface area contributed by atoms with E-state index in [-0.39, 0.29) is 5.75 Å². The number of imidazole rings is 1. The molecule has 38 heavy (non-hydrogen) atoms. The lowest BCUT2D eigenvalue weighted by Crippen LogP contribution is -2.46. The normalized spacial score (nSPS) is 17.6. The van der Waals surface area contributed by atoms with E-state index in [1.807, 2.05) is 12.1 Å². The van der Waals surface area contributed by atoms with E-state index in [4.69, 9.17) is 9.47 Å². The molecule has 11 heteroatoms. The monoisotopic (exact) mass is 523 g/mol. The molecule has 2 aliphatic heterocycles. The van der Waals surface area contributed by atoms with Crippen LogP contribution in [0.1, 0.15) is 23.1 Å². The molecule has 0 radical (unpaired) electrons. The molecular formula is C27H24F3N5O3. The van der Waals surface area contributed by atoms with Gasteiger partial charge >= 0.3 is 6.61 Å².